The van der Waals surface area contributed by atoms with Crippen LogP contribution in [0, 0.1) is 17.6 Å². The second-order valence-corrected chi connectivity index (χ2v) is 5.77. The third-order valence-corrected chi connectivity index (χ3v) is 4.17. The van der Waals surface area contributed by atoms with Crippen molar-refractivity contribution < 1.29 is 27.8 Å². The lowest BCUT2D eigenvalue weighted by Gasteiger charge is -2.17. The van der Waals surface area contributed by atoms with Gasteiger partial charge in [0.25, 0.3) is 0 Å². The van der Waals surface area contributed by atoms with Gasteiger partial charge in [0.2, 0.25) is 0 Å². The Morgan fingerprint density at radius 2 is 2.04 bits per heavy atom. The molecule has 0 aliphatic carbocycles. The van der Waals surface area contributed by atoms with Crippen molar-refractivity contribution >= 4 is 12.1 Å². The van der Waals surface area contributed by atoms with Gasteiger partial charge in [-0.3, -0.25) is 4.79 Å². The van der Waals surface area contributed by atoms with Crippen LogP contribution >= 0.6 is 0 Å². The summed E-state index contributed by atoms with van der Waals surface area (Å²) in [7, 11) is 1.24. The summed E-state index contributed by atoms with van der Waals surface area (Å²) in [5.41, 5.74) is 0.190. The summed E-state index contributed by atoms with van der Waals surface area (Å²) in [6, 6.07) is 3.21. The molecular weight excluding hydrogens is 320 g/mol. The molecular formula is C17H21F2NO4. The molecule has 7 heteroatoms. The average Bonchev–Trinajstić information content (AvgIpc) is 2.99. The van der Waals surface area contributed by atoms with Crippen LogP contribution in [0.25, 0.3) is 0 Å². The number of ether oxygens (including phenoxy) is 2. The van der Waals surface area contributed by atoms with E-state index in [0.29, 0.717) is 6.61 Å². The van der Waals surface area contributed by atoms with Crippen molar-refractivity contribution in [3.63, 3.8) is 0 Å². The summed E-state index contributed by atoms with van der Waals surface area (Å²) < 4.78 is 37.1. The number of halogens is 2. The van der Waals surface area contributed by atoms with Crippen molar-refractivity contribution in [1.82, 2.24) is 4.90 Å². The van der Waals surface area contributed by atoms with Gasteiger partial charge in [-0.25, -0.2) is 13.6 Å². The standard InChI is InChI=1S/C17H21F2NO4/c1-3-4-7-24-17(22)20-9-13(14(10-20)16(21)23-2)12-6-5-11(18)8-15(12)19/h5-6,8,13-14H,3-4,7,9-10H2,1-2H3/t13-,14+/m0/s1. The fourth-order valence-electron chi connectivity index (χ4n) is 2.86. The van der Waals surface area contributed by atoms with Gasteiger partial charge in [-0.1, -0.05) is 19.4 Å². The van der Waals surface area contributed by atoms with Gasteiger partial charge in [-0.05, 0) is 18.1 Å². The van der Waals surface area contributed by atoms with Crippen LogP contribution in [-0.2, 0) is 14.3 Å². The number of carbonyl (C=O) groups is 2. The molecule has 1 aliphatic heterocycles. The van der Waals surface area contributed by atoms with Gasteiger partial charge in [-0.2, -0.15) is 0 Å². The van der Waals surface area contributed by atoms with E-state index in [4.69, 9.17) is 9.47 Å². The van der Waals surface area contributed by atoms with E-state index in [1.165, 1.54) is 18.1 Å². The SMILES string of the molecule is CCCCOC(=O)N1C[C@@H](C(=O)OC)[C@H](c2ccc(F)cc2F)C1. The predicted molar refractivity (Wildman–Crippen MR) is 82.4 cm³/mol. The molecule has 5 nitrogen and oxygen atoms in total. The molecule has 1 heterocycles. The molecule has 1 fully saturated rings. The number of unbranched alkanes of at least 4 members (excludes halogenated alkanes) is 1. The quantitative estimate of drug-likeness (QED) is 0.610. The second-order valence-electron chi connectivity index (χ2n) is 5.77. The van der Waals surface area contributed by atoms with Crippen LogP contribution in [0.3, 0.4) is 0 Å². The lowest BCUT2D eigenvalue weighted by atomic mass is 9.88. The average molecular weight is 341 g/mol. The zero-order valence-corrected chi connectivity index (χ0v) is 13.8. The van der Waals surface area contributed by atoms with Crippen molar-refractivity contribution in [3.8, 4) is 0 Å². The number of esters is 1. The highest BCUT2D eigenvalue weighted by atomic mass is 19.1. The van der Waals surface area contributed by atoms with Gasteiger partial charge >= 0.3 is 12.1 Å². The second kappa shape index (κ2) is 8.08. The molecule has 0 bridgehead atoms. The maximum Gasteiger partial charge on any atom is 0.409 e. The number of rotatable bonds is 5. The molecule has 1 aromatic carbocycles. The lowest BCUT2D eigenvalue weighted by Crippen LogP contribution is -2.31. The van der Waals surface area contributed by atoms with Gasteiger partial charge in [0, 0.05) is 25.1 Å². The fourth-order valence-corrected chi connectivity index (χ4v) is 2.86. The maximum atomic E-state index is 14.1. The lowest BCUT2D eigenvalue weighted by molar-refractivity contribution is -0.145. The number of benzene rings is 1. The molecule has 0 unspecified atom stereocenters. The van der Waals surface area contributed by atoms with E-state index < -0.39 is 35.5 Å². The molecule has 2 rings (SSSR count). The third-order valence-electron chi connectivity index (χ3n) is 4.17. The van der Waals surface area contributed by atoms with Gasteiger partial charge in [0.1, 0.15) is 11.6 Å². The van der Waals surface area contributed by atoms with Crippen molar-refractivity contribution in [1.29, 1.82) is 0 Å². The minimum atomic E-state index is -0.741. The Morgan fingerprint density at radius 3 is 2.67 bits per heavy atom. The van der Waals surface area contributed by atoms with Crippen molar-refractivity contribution in [2.24, 2.45) is 5.92 Å². The number of hydrogen-bond acceptors (Lipinski definition) is 4. The molecule has 0 N–H and O–H groups in total. The van der Waals surface area contributed by atoms with Gasteiger partial charge < -0.3 is 14.4 Å². The first-order valence-electron chi connectivity index (χ1n) is 7.92. The first-order chi connectivity index (χ1) is 11.5. The molecule has 0 aromatic heterocycles. The first-order valence-corrected chi connectivity index (χ1v) is 7.92. The highest BCUT2D eigenvalue weighted by Gasteiger charge is 2.42. The van der Waals surface area contributed by atoms with E-state index >= 15 is 0 Å². The van der Waals surface area contributed by atoms with Crippen LogP contribution in [-0.4, -0.2) is 43.8 Å². The van der Waals surface area contributed by atoms with Crippen LogP contribution in [0.1, 0.15) is 31.2 Å². The number of hydrogen-bond donors (Lipinski definition) is 0. The van der Waals surface area contributed by atoms with E-state index in [1.54, 1.807) is 0 Å². The van der Waals surface area contributed by atoms with E-state index in [2.05, 4.69) is 0 Å². The molecule has 0 radical (unpaired) electrons. The van der Waals surface area contributed by atoms with Crippen LogP contribution in [0.15, 0.2) is 18.2 Å². The number of carbonyl (C=O) groups excluding carboxylic acids is 2. The molecule has 1 saturated heterocycles. The Morgan fingerprint density at radius 1 is 1.29 bits per heavy atom. The van der Waals surface area contributed by atoms with E-state index in [1.807, 2.05) is 6.92 Å². The first kappa shape index (κ1) is 18.2. The van der Waals surface area contributed by atoms with E-state index in [-0.39, 0.29) is 18.7 Å². The molecule has 0 spiro atoms. The van der Waals surface area contributed by atoms with E-state index in [0.717, 1.165) is 25.0 Å². The molecule has 0 saturated carbocycles. The van der Waals surface area contributed by atoms with Crippen LogP contribution in [0.2, 0.25) is 0 Å². The maximum absolute atomic E-state index is 14.1. The van der Waals surface area contributed by atoms with Crippen LogP contribution in [0.5, 0.6) is 0 Å². The Labute approximate surface area is 139 Å². The van der Waals surface area contributed by atoms with Gasteiger partial charge in [0.05, 0.1) is 19.6 Å². The molecule has 1 amide bonds. The smallest absolute Gasteiger partial charge is 0.409 e. The normalized spacial score (nSPS) is 20.1. The summed E-state index contributed by atoms with van der Waals surface area (Å²) in [5.74, 6) is -3.28. The summed E-state index contributed by atoms with van der Waals surface area (Å²) >= 11 is 0. The van der Waals surface area contributed by atoms with Gasteiger partial charge in [0.15, 0.2) is 0 Å². The number of nitrogens with zero attached hydrogens (tertiary/aromatic N) is 1. The van der Waals surface area contributed by atoms with Crippen molar-refractivity contribution in [2.45, 2.75) is 25.7 Å². The number of likely N-dealkylation sites (tertiary alicyclic amines) is 1. The molecule has 1 aliphatic rings. The van der Waals surface area contributed by atoms with Crippen LogP contribution in [0.4, 0.5) is 13.6 Å². The van der Waals surface area contributed by atoms with Crippen LogP contribution < -0.4 is 0 Å². The van der Waals surface area contributed by atoms with Gasteiger partial charge in [-0.15, -0.1) is 0 Å². The molecule has 132 valence electrons. The summed E-state index contributed by atoms with van der Waals surface area (Å²) in [6.07, 6.45) is 1.10. The van der Waals surface area contributed by atoms with Crippen molar-refractivity contribution in [2.75, 3.05) is 26.8 Å². The Balaban J connectivity index is 2.18. The molecule has 2 atom stereocenters. The highest BCUT2D eigenvalue weighted by molar-refractivity contribution is 5.77. The summed E-state index contributed by atoms with van der Waals surface area (Å²) in [6.45, 7) is 2.47. The predicted octanol–water partition coefficient (Wildman–Crippen LogP) is 3.09. The number of amides is 1. The third kappa shape index (κ3) is 4.01. The van der Waals surface area contributed by atoms with E-state index in [9.17, 15) is 18.4 Å². The Kier molecular flexibility index (Phi) is 6.11. The Hall–Kier alpha value is -2.18. The molecule has 1 aromatic rings. The zero-order chi connectivity index (χ0) is 17.7. The fraction of sp³-hybridized carbons (Fsp3) is 0.529. The minimum absolute atomic E-state index is 0.0825. The molecule has 24 heavy (non-hydrogen) atoms. The largest absolute Gasteiger partial charge is 0.469 e. The Bertz CT molecular complexity index is 608. The van der Waals surface area contributed by atoms with Crippen molar-refractivity contribution in [3.05, 3.63) is 35.4 Å². The zero-order valence-electron chi connectivity index (χ0n) is 13.8. The summed E-state index contributed by atoms with van der Waals surface area (Å²) in [4.78, 5) is 25.5. The topological polar surface area (TPSA) is 55.8 Å². The highest BCUT2D eigenvalue weighted by Crippen LogP contribution is 2.35. The number of methoxy groups -OCH3 is 1. The minimum Gasteiger partial charge on any atom is -0.469 e. The monoisotopic (exact) mass is 341 g/mol. The summed E-state index contributed by atoms with van der Waals surface area (Å²) in [5, 5.41) is 0.